The van der Waals surface area contributed by atoms with Crippen molar-refractivity contribution >= 4 is 17.4 Å². The van der Waals surface area contributed by atoms with Crippen LogP contribution in [0.4, 0.5) is 4.39 Å². The smallest absolute Gasteiger partial charge is 0.298 e. The van der Waals surface area contributed by atoms with Crippen molar-refractivity contribution in [2.45, 2.75) is 13.0 Å². The van der Waals surface area contributed by atoms with Gasteiger partial charge in [0.1, 0.15) is 5.82 Å². The third kappa shape index (κ3) is 5.44. The van der Waals surface area contributed by atoms with Crippen molar-refractivity contribution < 1.29 is 18.7 Å². The second-order valence-corrected chi connectivity index (χ2v) is 7.47. The van der Waals surface area contributed by atoms with Crippen molar-refractivity contribution in [3.05, 3.63) is 95.3 Å². The molecule has 0 saturated carbocycles. The molecule has 0 aliphatic rings. The number of carbonyl (C=O) groups excluding carboxylic acids is 1. The Morgan fingerprint density at radius 1 is 1.09 bits per heavy atom. The summed E-state index contributed by atoms with van der Waals surface area (Å²) in [6, 6.07) is 16.6. The molecular formula is C23H19FN4O3S. The number of nitrogens with one attached hydrogen (secondary N) is 1. The highest BCUT2D eigenvalue weighted by atomic mass is 32.1. The Morgan fingerprint density at radius 3 is 2.69 bits per heavy atom. The van der Waals surface area contributed by atoms with Crippen LogP contribution in [0.1, 0.15) is 27.4 Å². The number of aromatic nitrogens is 3. The van der Waals surface area contributed by atoms with Crippen LogP contribution in [0.3, 0.4) is 0 Å². The highest BCUT2D eigenvalue weighted by molar-refractivity contribution is 7.07. The van der Waals surface area contributed by atoms with Gasteiger partial charge in [0.25, 0.3) is 11.1 Å². The lowest BCUT2D eigenvalue weighted by Gasteiger charge is -2.10. The zero-order valence-electron chi connectivity index (χ0n) is 17.1. The van der Waals surface area contributed by atoms with Crippen molar-refractivity contribution in [1.29, 1.82) is 0 Å². The van der Waals surface area contributed by atoms with E-state index in [0.29, 0.717) is 41.0 Å². The van der Waals surface area contributed by atoms with Crippen LogP contribution in [0.25, 0.3) is 0 Å². The summed E-state index contributed by atoms with van der Waals surface area (Å²) in [7, 11) is 1.50. The quantitative estimate of drug-likeness (QED) is 0.428. The molecule has 2 heterocycles. The van der Waals surface area contributed by atoms with E-state index in [1.807, 2.05) is 18.2 Å². The van der Waals surface area contributed by atoms with E-state index in [1.54, 1.807) is 36.5 Å². The number of hydrogen-bond donors (Lipinski definition) is 1. The molecule has 32 heavy (non-hydrogen) atoms. The Kier molecular flexibility index (Phi) is 6.66. The monoisotopic (exact) mass is 450 g/mol. The largest absolute Gasteiger partial charge is 0.493 e. The number of carbonyl (C=O) groups is 1. The van der Waals surface area contributed by atoms with E-state index in [4.69, 9.17) is 9.47 Å². The molecule has 1 N–H and O–H groups in total. The number of rotatable bonds is 8. The molecule has 0 aliphatic heterocycles. The molecule has 7 nitrogen and oxygen atoms in total. The van der Waals surface area contributed by atoms with Gasteiger partial charge in [-0.25, -0.2) is 4.39 Å². The number of benzene rings is 2. The summed E-state index contributed by atoms with van der Waals surface area (Å²) in [6.07, 6.45) is 2.14. The minimum Gasteiger partial charge on any atom is -0.493 e. The number of hydrogen-bond acceptors (Lipinski definition) is 7. The summed E-state index contributed by atoms with van der Waals surface area (Å²) in [4.78, 5) is 21.0. The maximum Gasteiger partial charge on any atom is 0.298 e. The zero-order chi connectivity index (χ0) is 22.3. The highest BCUT2D eigenvalue weighted by Crippen LogP contribution is 2.33. The van der Waals surface area contributed by atoms with Crippen molar-refractivity contribution in [3.63, 3.8) is 0 Å². The summed E-state index contributed by atoms with van der Waals surface area (Å²) >= 11 is 1.10. The lowest BCUT2D eigenvalue weighted by Crippen LogP contribution is -2.23. The number of pyridine rings is 1. The van der Waals surface area contributed by atoms with Crippen molar-refractivity contribution in [2.24, 2.45) is 0 Å². The highest BCUT2D eigenvalue weighted by Gasteiger charge is 2.14. The fourth-order valence-electron chi connectivity index (χ4n) is 2.90. The molecule has 0 aliphatic carbocycles. The second kappa shape index (κ2) is 9.97. The molecule has 0 radical (unpaired) electrons. The molecule has 1 amide bonds. The van der Waals surface area contributed by atoms with Crippen molar-refractivity contribution in [3.8, 4) is 16.7 Å². The second-order valence-electron chi connectivity index (χ2n) is 6.75. The Labute approximate surface area is 188 Å². The maximum atomic E-state index is 13.1. The maximum absolute atomic E-state index is 13.1. The molecule has 0 atom stereocenters. The molecule has 4 rings (SSSR count). The van der Waals surface area contributed by atoms with Gasteiger partial charge in [0.2, 0.25) is 0 Å². The molecule has 2 aromatic carbocycles. The van der Waals surface area contributed by atoms with Crippen LogP contribution in [0.2, 0.25) is 0 Å². The fraction of sp³-hybridized carbons (Fsp3) is 0.130. The van der Waals surface area contributed by atoms with E-state index in [9.17, 15) is 9.18 Å². The van der Waals surface area contributed by atoms with E-state index in [0.717, 1.165) is 22.8 Å². The van der Waals surface area contributed by atoms with Gasteiger partial charge in [-0.2, -0.15) is 9.36 Å². The van der Waals surface area contributed by atoms with Gasteiger partial charge in [0.05, 0.1) is 19.3 Å². The molecule has 2 aromatic heterocycles. The van der Waals surface area contributed by atoms with E-state index in [1.165, 1.54) is 19.2 Å². The number of nitrogens with zero attached hydrogens (tertiary/aromatic N) is 3. The minimum atomic E-state index is -0.287. The number of methoxy groups -OCH3 is 1. The van der Waals surface area contributed by atoms with Gasteiger partial charge in [0.15, 0.2) is 17.3 Å². The van der Waals surface area contributed by atoms with Crippen LogP contribution in [-0.4, -0.2) is 27.4 Å². The van der Waals surface area contributed by atoms with E-state index in [2.05, 4.69) is 19.7 Å². The first-order valence-corrected chi connectivity index (χ1v) is 10.5. The van der Waals surface area contributed by atoms with Gasteiger partial charge in [0, 0.05) is 29.7 Å². The predicted octanol–water partition coefficient (Wildman–Crippen LogP) is 4.39. The van der Waals surface area contributed by atoms with Crippen LogP contribution >= 0.6 is 11.5 Å². The Morgan fingerprint density at radius 2 is 1.94 bits per heavy atom. The fourth-order valence-corrected chi connectivity index (χ4v) is 3.46. The van der Waals surface area contributed by atoms with Gasteiger partial charge in [-0.1, -0.05) is 18.2 Å². The van der Waals surface area contributed by atoms with Gasteiger partial charge in [-0.3, -0.25) is 9.78 Å². The molecule has 0 bridgehead atoms. The van der Waals surface area contributed by atoms with Crippen LogP contribution in [0.5, 0.6) is 16.7 Å². The van der Waals surface area contributed by atoms with Crippen LogP contribution in [0, 0.1) is 5.82 Å². The summed E-state index contributed by atoms with van der Waals surface area (Å²) in [5.41, 5.74) is 2.09. The zero-order valence-corrected chi connectivity index (χ0v) is 17.9. The number of amides is 1. The third-order valence-electron chi connectivity index (χ3n) is 4.50. The van der Waals surface area contributed by atoms with Gasteiger partial charge in [-0.15, -0.1) is 0 Å². The molecule has 0 fully saturated rings. The van der Waals surface area contributed by atoms with Gasteiger partial charge >= 0.3 is 0 Å². The first-order valence-electron chi connectivity index (χ1n) is 9.72. The van der Waals surface area contributed by atoms with Crippen molar-refractivity contribution in [2.75, 3.05) is 7.11 Å². The third-order valence-corrected chi connectivity index (χ3v) is 5.14. The molecule has 9 heteroatoms. The topological polar surface area (TPSA) is 86.2 Å². The summed E-state index contributed by atoms with van der Waals surface area (Å²) in [5.74, 6) is 0.841. The normalized spacial score (nSPS) is 10.6. The summed E-state index contributed by atoms with van der Waals surface area (Å²) < 4.78 is 28.5. The number of ether oxygens (including phenoxy) is 2. The molecule has 4 aromatic rings. The van der Waals surface area contributed by atoms with Crippen LogP contribution in [0.15, 0.2) is 66.9 Å². The Bertz CT molecular complexity index is 1200. The van der Waals surface area contributed by atoms with E-state index < -0.39 is 0 Å². The lowest BCUT2D eigenvalue weighted by molar-refractivity contribution is 0.0950. The van der Waals surface area contributed by atoms with E-state index >= 15 is 0 Å². The Balaban J connectivity index is 1.41. The standard InChI is InChI=1S/C23H19FN4O3S/c1-30-20-13-16(22(29)26-14-18-4-2-3-11-25-18)7-10-19(20)31-23-27-21(28-32-23)12-15-5-8-17(24)9-6-15/h2-11,13H,12,14H2,1H3,(H,26,29). The first-order chi connectivity index (χ1) is 15.6. The van der Waals surface area contributed by atoms with Crippen molar-refractivity contribution in [1.82, 2.24) is 19.7 Å². The average molecular weight is 450 g/mol. The molecular weight excluding hydrogens is 431 g/mol. The summed E-state index contributed by atoms with van der Waals surface area (Å²) in [6.45, 7) is 0.321. The SMILES string of the molecule is COc1cc(C(=O)NCc2ccccn2)ccc1Oc1nc(Cc2ccc(F)cc2)ns1. The molecule has 0 unspecified atom stereocenters. The van der Waals surface area contributed by atoms with Gasteiger partial charge in [-0.05, 0) is 48.0 Å². The Hall–Kier alpha value is -3.85. The lowest BCUT2D eigenvalue weighted by atomic mass is 10.1. The summed E-state index contributed by atoms with van der Waals surface area (Å²) in [5, 5.41) is 3.16. The first kappa shape index (κ1) is 21.4. The molecule has 0 spiro atoms. The average Bonchev–Trinajstić information content (AvgIpc) is 3.26. The predicted molar refractivity (Wildman–Crippen MR) is 118 cm³/mol. The minimum absolute atomic E-state index is 0.252. The van der Waals surface area contributed by atoms with Crippen LogP contribution in [-0.2, 0) is 13.0 Å². The molecule has 162 valence electrons. The van der Waals surface area contributed by atoms with E-state index in [-0.39, 0.29) is 11.7 Å². The van der Waals surface area contributed by atoms with Gasteiger partial charge < -0.3 is 14.8 Å². The van der Waals surface area contributed by atoms with Crippen LogP contribution < -0.4 is 14.8 Å². The number of halogens is 1. The molecule has 0 saturated heterocycles.